The molecule has 0 aromatic carbocycles. The number of aliphatic hydroxyl groups is 1. The highest BCUT2D eigenvalue weighted by Crippen LogP contribution is 2.07. The molecule has 0 aromatic rings. The Morgan fingerprint density at radius 3 is 2.48 bits per heavy atom. The van der Waals surface area contributed by atoms with Crippen molar-refractivity contribution in [1.29, 1.82) is 0 Å². The van der Waals surface area contributed by atoms with Crippen LogP contribution in [0.4, 0.5) is 0 Å². The van der Waals surface area contributed by atoms with Gasteiger partial charge in [0.05, 0.1) is 12.6 Å². The van der Waals surface area contributed by atoms with Gasteiger partial charge in [0.15, 0.2) is 0 Å². The van der Waals surface area contributed by atoms with Gasteiger partial charge in [-0.05, 0) is 45.2 Å². The second-order valence-corrected chi connectivity index (χ2v) is 5.58. The predicted molar refractivity (Wildman–Crippen MR) is 82.5 cm³/mol. The molecule has 0 spiro atoms. The van der Waals surface area contributed by atoms with Crippen LogP contribution in [0.2, 0.25) is 0 Å². The zero-order valence-electron chi connectivity index (χ0n) is 13.1. The van der Waals surface area contributed by atoms with E-state index in [2.05, 4.69) is 16.0 Å². The summed E-state index contributed by atoms with van der Waals surface area (Å²) in [4.78, 5) is 35.2. The Morgan fingerprint density at radius 2 is 1.96 bits per heavy atom. The van der Waals surface area contributed by atoms with Gasteiger partial charge in [0, 0.05) is 0 Å². The zero-order valence-corrected chi connectivity index (χ0v) is 13.1. The first-order valence-electron chi connectivity index (χ1n) is 7.87. The maximum Gasteiger partial charge on any atom is 0.328 e. The Hall–Kier alpha value is -1.71. The summed E-state index contributed by atoms with van der Waals surface area (Å²) in [6.07, 6.45) is 3.29. The average Bonchev–Trinajstić information content (AvgIpc) is 3.05. The van der Waals surface area contributed by atoms with Crippen LogP contribution in [0.5, 0.6) is 0 Å². The van der Waals surface area contributed by atoms with Gasteiger partial charge < -0.3 is 31.9 Å². The van der Waals surface area contributed by atoms with E-state index in [4.69, 9.17) is 15.9 Å². The van der Waals surface area contributed by atoms with Crippen molar-refractivity contribution in [2.75, 3.05) is 19.7 Å². The van der Waals surface area contributed by atoms with E-state index in [0.717, 1.165) is 13.0 Å². The normalized spacial score (nSPS) is 19.8. The first kappa shape index (κ1) is 19.3. The molecular formula is C14H26N4O5. The number of aliphatic carboxylic acids is 1. The molecule has 0 saturated carbocycles. The third-order valence-electron chi connectivity index (χ3n) is 3.75. The van der Waals surface area contributed by atoms with Crippen molar-refractivity contribution in [3.63, 3.8) is 0 Å². The van der Waals surface area contributed by atoms with Gasteiger partial charge in [-0.3, -0.25) is 9.59 Å². The summed E-state index contributed by atoms with van der Waals surface area (Å²) in [5.41, 5.74) is 5.42. The zero-order chi connectivity index (χ0) is 17.2. The number of aliphatic hydroxyl groups excluding tert-OH is 1. The molecule has 0 bridgehead atoms. The molecule has 0 radical (unpaired) electrons. The van der Waals surface area contributed by atoms with E-state index >= 15 is 0 Å². The second kappa shape index (κ2) is 10.1. The third kappa shape index (κ3) is 6.51. The lowest BCUT2D eigenvalue weighted by atomic mass is 10.1. The Balaban J connectivity index is 2.63. The SMILES string of the molecule is NCCCC[C@H](NC(=O)[C@@H]1CCCN1)C(=O)N[C@@H](CO)C(=O)O. The summed E-state index contributed by atoms with van der Waals surface area (Å²) in [6.45, 7) is 0.517. The van der Waals surface area contributed by atoms with Crippen molar-refractivity contribution in [2.24, 2.45) is 5.73 Å². The highest BCUT2D eigenvalue weighted by Gasteiger charge is 2.29. The monoisotopic (exact) mass is 330 g/mol. The van der Waals surface area contributed by atoms with E-state index in [9.17, 15) is 14.4 Å². The summed E-state index contributed by atoms with van der Waals surface area (Å²) in [6, 6.07) is -2.56. The first-order chi connectivity index (χ1) is 11.0. The second-order valence-electron chi connectivity index (χ2n) is 5.58. The van der Waals surface area contributed by atoms with E-state index in [1.54, 1.807) is 0 Å². The van der Waals surface area contributed by atoms with Gasteiger partial charge in [-0.25, -0.2) is 4.79 Å². The highest BCUT2D eigenvalue weighted by atomic mass is 16.4. The van der Waals surface area contributed by atoms with E-state index < -0.39 is 30.6 Å². The average molecular weight is 330 g/mol. The summed E-state index contributed by atoms with van der Waals surface area (Å²) < 4.78 is 0. The number of carbonyl (C=O) groups excluding carboxylic acids is 2. The van der Waals surface area contributed by atoms with Crippen molar-refractivity contribution in [3.8, 4) is 0 Å². The van der Waals surface area contributed by atoms with Crippen molar-refractivity contribution >= 4 is 17.8 Å². The maximum atomic E-state index is 12.2. The van der Waals surface area contributed by atoms with Crippen LogP contribution in [0.15, 0.2) is 0 Å². The number of hydrogen-bond donors (Lipinski definition) is 6. The van der Waals surface area contributed by atoms with Crippen molar-refractivity contribution < 1.29 is 24.6 Å². The lowest BCUT2D eigenvalue weighted by Gasteiger charge is -2.22. The van der Waals surface area contributed by atoms with Crippen LogP contribution in [-0.2, 0) is 14.4 Å². The number of nitrogens with one attached hydrogen (secondary N) is 3. The fraction of sp³-hybridized carbons (Fsp3) is 0.786. The minimum absolute atomic E-state index is 0.272. The number of carboxylic acid groups (broad SMARTS) is 1. The number of carboxylic acids is 1. The molecule has 1 rings (SSSR count). The van der Waals surface area contributed by atoms with Crippen molar-refractivity contribution in [1.82, 2.24) is 16.0 Å². The summed E-state index contributed by atoms with van der Waals surface area (Å²) in [5.74, 6) is -2.22. The molecule has 0 aromatic heterocycles. The quantitative estimate of drug-likeness (QED) is 0.251. The molecule has 9 heteroatoms. The van der Waals surface area contributed by atoms with Crippen molar-refractivity contribution in [3.05, 3.63) is 0 Å². The van der Waals surface area contributed by atoms with E-state index in [-0.39, 0.29) is 11.9 Å². The smallest absolute Gasteiger partial charge is 0.328 e. The van der Waals surface area contributed by atoms with Crippen LogP contribution < -0.4 is 21.7 Å². The molecule has 2 amide bonds. The molecule has 3 atom stereocenters. The Morgan fingerprint density at radius 1 is 1.22 bits per heavy atom. The molecule has 1 aliphatic rings. The van der Waals surface area contributed by atoms with Gasteiger partial charge in [0.25, 0.3) is 0 Å². The largest absolute Gasteiger partial charge is 0.480 e. The first-order valence-corrected chi connectivity index (χ1v) is 7.87. The molecule has 0 unspecified atom stereocenters. The molecule has 1 saturated heterocycles. The Bertz CT molecular complexity index is 412. The minimum Gasteiger partial charge on any atom is -0.480 e. The van der Waals surface area contributed by atoms with E-state index in [0.29, 0.717) is 32.2 Å². The summed E-state index contributed by atoms with van der Waals surface area (Å²) in [7, 11) is 0. The van der Waals surface area contributed by atoms with Gasteiger partial charge in [0.1, 0.15) is 12.1 Å². The molecule has 1 fully saturated rings. The highest BCUT2D eigenvalue weighted by molar-refractivity contribution is 5.91. The molecule has 1 heterocycles. The number of hydrogen-bond acceptors (Lipinski definition) is 6. The topological polar surface area (TPSA) is 154 Å². The van der Waals surface area contributed by atoms with E-state index in [1.807, 2.05) is 0 Å². The molecular weight excluding hydrogens is 304 g/mol. The fourth-order valence-electron chi connectivity index (χ4n) is 2.40. The fourth-order valence-corrected chi connectivity index (χ4v) is 2.40. The van der Waals surface area contributed by atoms with Crippen molar-refractivity contribution in [2.45, 2.75) is 50.2 Å². The van der Waals surface area contributed by atoms with E-state index in [1.165, 1.54) is 0 Å². The van der Waals surface area contributed by atoms with Crippen LogP contribution in [-0.4, -0.2) is 65.8 Å². The van der Waals surface area contributed by atoms with Crippen LogP contribution in [0, 0.1) is 0 Å². The van der Waals surface area contributed by atoms with Crippen LogP contribution in [0.1, 0.15) is 32.1 Å². The van der Waals surface area contributed by atoms with Crippen LogP contribution in [0.25, 0.3) is 0 Å². The Labute approximate surface area is 135 Å². The number of unbranched alkanes of at least 4 members (excludes halogenated alkanes) is 1. The summed E-state index contributed by atoms with van der Waals surface area (Å²) >= 11 is 0. The van der Waals surface area contributed by atoms with Gasteiger partial charge in [-0.15, -0.1) is 0 Å². The molecule has 0 aliphatic carbocycles. The number of rotatable bonds is 10. The van der Waals surface area contributed by atoms with Gasteiger partial charge >= 0.3 is 5.97 Å². The standard InChI is InChI=1S/C14H26N4O5/c15-6-2-1-4-10(13(21)18-11(8-19)14(22)23)17-12(20)9-5-3-7-16-9/h9-11,16,19H,1-8,15H2,(H,17,20)(H,18,21)(H,22,23)/t9-,10-,11-/m0/s1. The molecule has 132 valence electrons. The Kier molecular flexibility index (Phi) is 8.52. The maximum absolute atomic E-state index is 12.2. The van der Waals surface area contributed by atoms with Gasteiger partial charge in [-0.2, -0.15) is 0 Å². The van der Waals surface area contributed by atoms with Crippen LogP contribution >= 0.6 is 0 Å². The number of nitrogens with two attached hydrogens (primary N) is 1. The van der Waals surface area contributed by atoms with Gasteiger partial charge in [0.2, 0.25) is 11.8 Å². The lowest BCUT2D eigenvalue weighted by molar-refractivity contribution is -0.143. The molecule has 9 nitrogen and oxygen atoms in total. The van der Waals surface area contributed by atoms with Crippen LogP contribution in [0.3, 0.4) is 0 Å². The minimum atomic E-state index is -1.39. The molecule has 1 aliphatic heterocycles. The van der Waals surface area contributed by atoms with Gasteiger partial charge in [-0.1, -0.05) is 0 Å². The predicted octanol–water partition coefficient (Wildman–Crippen LogP) is -2.09. The number of carbonyl (C=O) groups is 3. The lowest BCUT2D eigenvalue weighted by Crippen LogP contribution is -2.55. The molecule has 23 heavy (non-hydrogen) atoms. The number of amides is 2. The third-order valence-corrected chi connectivity index (χ3v) is 3.75. The molecule has 7 N–H and O–H groups in total. The summed E-state index contributed by atoms with van der Waals surface area (Å²) in [5, 5.41) is 25.8.